The van der Waals surface area contributed by atoms with Crippen molar-refractivity contribution in [3.8, 4) is 5.75 Å². The van der Waals surface area contributed by atoms with Gasteiger partial charge in [0.1, 0.15) is 18.2 Å². The average molecular weight is 433 g/mol. The van der Waals surface area contributed by atoms with Gasteiger partial charge in [-0.2, -0.15) is 0 Å². The molecule has 1 amide bonds. The number of benzene rings is 1. The Kier molecular flexibility index (Phi) is 6.09. The Morgan fingerprint density at radius 3 is 2.80 bits per heavy atom. The van der Waals surface area contributed by atoms with Crippen LogP contribution in [0.15, 0.2) is 40.9 Å². The van der Waals surface area contributed by atoms with Crippen molar-refractivity contribution in [1.82, 2.24) is 10.3 Å². The zero-order chi connectivity index (χ0) is 21.9. The largest absolute Gasteiger partial charge is 0.490 e. The molecule has 1 aromatic heterocycles. The summed E-state index contributed by atoms with van der Waals surface area (Å²) in [6, 6.07) is 8.35. The highest BCUT2D eigenvalue weighted by atomic mass is 32.2. The Hall–Kier alpha value is -2.98. The first kappa shape index (κ1) is 21.7. The van der Waals surface area contributed by atoms with E-state index in [1.54, 1.807) is 43.6 Å². The van der Waals surface area contributed by atoms with E-state index in [0.717, 1.165) is 0 Å². The van der Waals surface area contributed by atoms with Crippen molar-refractivity contribution in [1.29, 1.82) is 0 Å². The number of amides is 1. The first-order chi connectivity index (χ1) is 14.1. The molecule has 0 unspecified atom stereocenters. The van der Waals surface area contributed by atoms with E-state index in [4.69, 9.17) is 15.2 Å². The number of carbonyl (C=O) groups excluding carboxylic acids is 1. The molecule has 0 atom stereocenters. The number of nitrogens with one attached hydrogen (secondary N) is 1. The standard InChI is InChI=1S/C20H24N4O5S/c1-20(2,23-19(25)13-7-8-22-15(9-13)10-28-3)12-29-16-6-4-5-14-11-30(26,27)24-18(21)17(14)16/h4-9H,10-12H2,1-3H3,(H2,21,24)(H,23,25). The zero-order valence-electron chi connectivity index (χ0n) is 17.0. The number of hydrogen-bond donors (Lipinski definition) is 2. The van der Waals surface area contributed by atoms with Gasteiger partial charge in [-0.05, 0) is 37.6 Å². The van der Waals surface area contributed by atoms with Gasteiger partial charge in [-0.15, -0.1) is 4.40 Å². The van der Waals surface area contributed by atoms with Crippen LogP contribution in [0.5, 0.6) is 5.75 Å². The third-order valence-electron chi connectivity index (χ3n) is 4.36. The first-order valence-corrected chi connectivity index (χ1v) is 10.8. The lowest BCUT2D eigenvalue weighted by Crippen LogP contribution is -2.48. The Balaban J connectivity index is 1.72. The fourth-order valence-corrected chi connectivity index (χ4v) is 4.14. The van der Waals surface area contributed by atoms with Crippen LogP contribution in [-0.2, 0) is 27.1 Å². The van der Waals surface area contributed by atoms with E-state index in [-0.39, 0.29) is 24.1 Å². The van der Waals surface area contributed by atoms with Gasteiger partial charge in [-0.3, -0.25) is 9.78 Å². The van der Waals surface area contributed by atoms with Crippen molar-refractivity contribution >= 4 is 21.8 Å². The van der Waals surface area contributed by atoms with Crippen LogP contribution in [-0.4, -0.2) is 44.4 Å². The summed E-state index contributed by atoms with van der Waals surface area (Å²) in [4.78, 5) is 16.8. The van der Waals surface area contributed by atoms with Crippen molar-refractivity contribution in [2.24, 2.45) is 10.1 Å². The second kappa shape index (κ2) is 8.41. The van der Waals surface area contributed by atoms with Gasteiger partial charge in [-0.1, -0.05) is 12.1 Å². The number of nitrogens with zero attached hydrogens (tertiary/aromatic N) is 2. The van der Waals surface area contributed by atoms with Crippen molar-refractivity contribution in [3.63, 3.8) is 0 Å². The fourth-order valence-electron chi connectivity index (χ4n) is 3.05. The molecule has 0 saturated carbocycles. The molecule has 0 aliphatic carbocycles. The number of fused-ring (bicyclic) bond motifs is 1. The van der Waals surface area contributed by atoms with E-state index >= 15 is 0 Å². The van der Waals surface area contributed by atoms with E-state index in [0.29, 0.717) is 34.7 Å². The lowest BCUT2D eigenvalue weighted by atomic mass is 10.0. The summed E-state index contributed by atoms with van der Waals surface area (Å²) in [5, 5.41) is 2.93. The highest BCUT2D eigenvalue weighted by molar-refractivity contribution is 7.89. The number of aromatic nitrogens is 1. The van der Waals surface area contributed by atoms with E-state index < -0.39 is 15.6 Å². The van der Waals surface area contributed by atoms with Gasteiger partial charge in [0.25, 0.3) is 15.9 Å². The van der Waals surface area contributed by atoms with Crippen LogP contribution in [0.1, 0.15) is 41.0 Å². The normalized spacial score (nSPS) is 15.1. The summed E-state index contributed by atoms with van der Waals surface area (Å²) in [6.07, 6.45) is 1.55. The van der Waals surface area contributed by atoms with E-state index in [1.165, 1.54) is 0 Å². The van der Waals surface area contributed by atoms with Gasteiger partial charge >= 0.3 is 0 Å². The Labute approximate surface area is 175 Å². The molecule has 0 saturated heterocycles. The monoisotopic (exact) mass is 432 g/mol. The average Bonchev–Trinajstić information content (AvgIpc) is 2.65. The first-order valence-electron chi connectivity index (χ1n) is 9.20. The van der Waals surface area contributed by atoms with Gasteiger partial charge in [-0.25, -0.2) is 8.42 Å². The molecule has 1 aromatic carbocycles. The number of ether oxygens (including phenoxy) is 2. The number of nitrogens with two attached hydrogens (primary N) is 1. The summed E-state index contributed by atoms with van der Waals surface area (Å²) >= 11 is 0. The second-order valence-corrected chi connectivity index (χ2v) is 9.22. The van der Waals surface area contributed by atoms with Crippen LogP contribution in [0, 0.1) is 0 Å². The molecule has 10 heteroatoms. The minimum absolute atomic E-state index is 0.101. The lowest BCUT2D eigenvalue weighted by Gasteiger charge is -2.27. The van der Waals surface area contributed by atoms with Crippen molar-refractivity contribution in [2.75, 3.05) is 13.7 Å². The zero-order valence-corrected chi connectivity index (χ0v) is 17.8. The summed E-state index contributed by atoms with van der Waals surface area (Å²) in [6.45, 7) is 4.08. The predicted molar refractivity (Wildman–Crippen MR) is 112 cm³/mol. The molecule has 0 bridgehead atoms. The number of hydrogen-bond acceptors (Lipinski definition) is 7. The van der Waals surface area contributed by atoms with Crippen LogP contribution < -0.4 is 15.8 Å². The Bertz CT molecular complexity index is 1100. The molecule has 0 radical (unpaired) electrons. The van der Waals surface area contributed by atoms with Crippen LogP contribution in [0.4, 0.5) is 0 Å². The molecule has 3 N–H and O–H groups in total. The Morgan fingerprint density at radius 2 is 2.07 bits per heavy atom. The molecular weight excluding hydrogens is 408 g/mol. The Morgan fingerprint density at radius 1 is 1.30 bits per heavy atom. The SMILES string of the molecule is COCc1cc(C(=O)NC(C)(C)COc2cccc3c2C(N)=NS(=O)(=O)C3)ccn1. The van der Waals surface area contributed by atoms with Crippen molar-refractivity contribution in [3.05, 3.63) is 58.9 Å². The van der Waals surface area contributed by atoms with Crippen molar-refractivity contribution in [2.45, 2.75) is 31.7 Å². The van der Waals surface area contributed by atoms with Crippen molar-refractivity contribution < 1.29 is 22.7 Å². The molecule has 1 aliphatic rings. The number of amidine groups is 1. The van der Waals surface area contributed by atoms with Crippen LogP contribution in [0.2, 0.25) is 0 Å². The summed E-state index contributed by atoms with van der Waals surface area (Å²) in [7, 11) is -2.06. The van der Waals surface area contributed by atoms with Gasteiger partial charge in [0.05, 0.1) is 29.2 Å². The lowest BCUT2D eigenvalue weighted by molar-refractivity contribution is 0.0880. The van der Waals surface area contributed by atoms with Crippen LogP contribution in [0.3, 0.4) is 0 Å². The number of rotatable bonds is 7. The topological polar surface area (TPSA) is 133 Å². The third-order valence-corrected chi connectivity index (χ3v) is 5.51. The van der Waals surface area contributed by atoms with E-state index in [2.05, 4.69) is 14.7 Å². The van der Waals surface area contributed by atoms with E-state index in [9.17, 15) is 13.2 Å². The highest BCUT2D eigenvalue weighted by Crippen LogP contribution is 2.28. The maximum atomic E-state index is 12.6. The van der Waals surface area contributed by atoms with Gasteiger partial charge in [0.2, 0.25) is 0 Å². The summed E-state index contributed by atoms with van der Waals surface area (Å²) in [5.74, 6) is -0.189. The van der Waals surface area contributed by atoms with Gasteiger partial charge < -0.3 is 20.5 Å². The second-order valence-electron chi connectivity index (χ2n) is 7.59. The highest BCUT2D eigenvalue weighted by Gasteiger charge is 2.27. The molecule has 2 aromatic rings. The van der Waals surface area contributed by atoms with Crippen LogP contribution in [0.25, 0.3) is 0 Å². The van der Waals surface area contributed by atoms with Gasteiger partial charge in [0, 0.05) is 18.9 Å². The molecule has 9 nitrogen and oxygen atoms in total. The fraction of sp³-hybridized carbons (Fsp3) is 0.350. The maximum absolute atomic E-state index is 12.6. The quantitative estimate of drug-likeness (QED) is 0.675. The maximum Gasteiger partial charge on any atom is 0.259 e. The van der Waals surface area contributed by atoms with Gasteiger partial charge in [0.15, 0.2) is 0 Å². The summed E-state index contributed by atoms with van der Waals surface area (Å²) in [5.41, 5.74) is 7.25. The molecule has 1 aliphatic heterocycles. The third kappa shape index (κ3) is 5.14. The number of pyridine rings is 1. The summed E-state index contributed by atoms with van der Waals surface area (Å²) < 4.78 is 38.1. The molecule has 0 fully saturated rings. The molecule has 30 heavy (non-hydrogen) atoms. The minimum Gasteiger partial charge on any atom is -0.490 e. The number of methoxy groups -OCH3 is 1. The predicted octanol–water partition coefficient (Wildman–Crippen LogP) is 1.36. The number of sulfonamides is 1. The molecule has 3 rings (SSSR count). The molecule has 160 valence electrons. The molecule has 2 heterocycles. The molecule has 0 spiro atoms. The number of carbonyl (C=O) groups is 1. The smallest absolute Gasteiger partial charge is 0.259 e. The van der Waals surface area contributed by atoms with E-state index in [1.807, 2.05) is 13.8 Å². The minimum atomic E-state index is -3.62. The van der Waals surface area contributed by atoms with Crippen LogP contribution >= 0.6 is 0 Å². The molecular formula is C20H24N4O5S.